The second-order valence-electron chi connectivity index (χ2n) is 7.67. The van der Waals surface area contributed by atoms with Crippen molar-refractivity contribution in [3.63, 3.8) is 0 Å². The number of carbonyl (C=O) groups excluding carboxylic acids is 1. The number of halogens is 2. The minimum Gasteiger partial charge on any atom is -0.350 e. The molecule has 1 fully saturated rings. The van der Waals surface area contributed by atoms with Gasteiger partial charge in [0.25, 0.3) is 5.91 Å². The summed E-state index contributed by atoms with van der Waals surface area (Å²) in [5.74, 6) is -0.0351. The molecule has 6 nitrogen and oxygen atoms in total. The van der Waals surface area contributed by atoms with Gasteiger partial charge in [-0.2, -0.15) is 5.10 Å². The fraction of sp³-hybridized carbons (Fsp3) is 0.429. The Morgan fingerprint density at radius 1 is 1.20 bits per heavy atom. The van der Waals surface area contributed by atoms with Gasteiger partial charge in [0.05, 0.1) is 17.1 Å². The predicted molar refractivity (Wildman–Crippen MR) is 124 cm³/mol. The zero-order valence-electron chi connectivity index (χ0n) is 17.1. The topological polar surface area (TPSA) is 53.4 Å². The summed E-state index contributed by atoms with van der Waals surface area (Å²) >= 11 is 14.1. The van der Waals surface area contributed by atoms with Gasteiger partial charge >= 0.3 is 0 Å². The molecule has 160 valence electrons. The van der Waals surface area contributed by atoms with Crippen molar-refractivity contribution in [1.82, 2.24) is 24.9 Å². The number of nitrogens with zero attached hydrogens (tertiary/aromatic N) is 4. The number of nitrogens with one attached hydrogen (secondary N) is 1. The summed E-state index contributed by atoms with van der Waals surface area (Å²) in [5.41, 5.74) is 1.72. The van der Waals surface area contributed by atoms with Crippen LogP contribution in [0, 0.1) is 6.92 Å². The quantitative estimate of drug-likeness (QED) is 0.602. The van der Waals surface area contributed by atoms with Crippen LogP contribution < -0.4 is 5.32 Å². The Kier molecular flexibility index (Phi) is 6.65. The van der Waals surface area contributed by atoms with E-state index in [9.17, 15) is 4.79 Å². The molecular formula is C21H25Cl2N5OS. The molecule has 0 saturated carbocycles. The number of piperazine rings is 1. The summed E-state index contributed by atoms with van der Waals surface area (Å²) in [5, 5.41) is 9.90. The molecule has 3 aromatic rings. The molecule has 1 aromatic carbocycles. The number of carbonyl (C=O) groups is 1. The molecule has 30 heavy (non-hydrogen) atoms. The van der Waals surface area contributed by atoms with Gasteiger partial charge < -0.3 is 10.2 Å². The van der Waals surface area contributed by atoms with Gasteiger partial charge in [0.2, 0.25) is 0 Å². The van der Waals surface area contributed by atoms with Crippen LogP contribution in [0.25, 0.3) is 10.2 Å². The lowest BCUT2D eigenvalue weighted by Gasteiger charge is -2.32. The van der Waals surface area contributed by atoms with Gasteiger partial charge in [-0.25, -0.2) is 4.68 Å². The smallest absolute Gasteiger partial charge is 0.261 e. The third kappa shape index (κ3) is 4.65. The van der Waals surface area contributed by atoms with Crippen LogP contribution in [-0.4, -0.2) is 71.8 Å². The van der Waals surface area contributed by atoms with Crippen LogP contribution in [0.4, 0.5) is 0 Å². The van der Waals surface area contributed by atoms with Gasteiger partial charge in [0.1, 0.15) is 4.83 Å². The second kappa shape index (κ2) is 9.24. The van der Waals surface area contributed by atoms with E-state index in [1.165, 1.54) is 11.3 Å². The Balaban J connectivity index is 1.44. The number of fused-ring (bicyclic) bond motifs is 1. The zero-order chi connectivity index (χ0) is 21.3. The maximum absolute atomic E-state index is 12.7. The molecule has 9 heteroatoms. The number of aromatic nitrogens is 2. The summed E-state index contributed by atoms with van der Waals surface area (Å²) in [6.45, 7) is 8.21. The molecule has 1 saturated heterocycles. The summed E-state index contributed by atoms with van der Waals surface area (Å²) < 4.78 is 1.88. The average molecular weight is 466 g/mol. The Hall–Kier alpha value is -1.64. The van der Waals surface area contributed by atoms with Crippen LogP contribution in [0.5, 0.6) is 0 Å². The largest absolute Gasteiger partial charge is 0.350 e. The van der Waals surface area contributed by atoms with E-state index in [1.54, 1.807) is 0 Å². The molecule has 1 N–H and O–H groups in total. The molecule has 3 heterocycles. The summed E-state index contributed by atoms with van der Waals surface area (Å²) in [6.07, 6.45) is 0. The third-order valence-electron chi connectivity index (χ3n) is 5.51. The number of hydrogen-bond donors (Lipinski definition) is 1. The summed E-state index contributed by atoms with van der Waals surface area (Å²) in [4.78, 5) is 19.1. The maximum atomic E-state index is 12.7. The summed E-state index contributed by atoms with van der Waals surface area (Å²) in [7, 11) is 2.14. The number of rotatable bonds is 6. The highest BCUT2D eigenvalue weighted by Crippen LogP contribution is 2.31. The van der Waals surface area contributed by atoms with Crippen LogP contribution in [0.2, 0.25) is 10.0 Å². The first kappa shape index (κ1) is 21.6. The summed E-state index contributed by atoms with van der Waals surface area (Å²) in [6, 6.07) is 7.40. The molecule has 2 aromatic heterocycles. The number of aryl methyl sites for hydroxylation is 1. The molecule has 4 rings (SSSR count). The molecule has 0 spiro atoms. The number of thiophene rings is 1. The Morgan fingerprint density at radius 3 is 2.60 bits per heavy atom. The lowest BCUT2D eigenvalue weighted by molar-refractivity contribution is 0.0945. The van der Waals surface area contributed by atoms with E-state index in [0.29, 0.717) is 28.0 Å². The average Bonchev–Trinajstić information content (AvgIpc) is 3.28. The number of amides is 1. The van der Waals surface area contributed by atoms with E-state index in [2.05, 4.69) is 27.3 Å². The van der Waals surface area contributed by atoms with Crippen molar-refractivity contribution in [3.8, 4) is 0 Å². The van der Waals surface area contributed by atoms with Crippen LogP contribution in [0.15, 0.2) is 24.3 Å². The van der Waals surface area contributed by atoms with Gasteiger partial charge in [-0.15, -0.1) is 11.3 Å². The first-order valence-corrected chi connectivity index (χ1v) is 11.6. The first-order valence-electron chi connectivity index (χ1n) is 10.0. The van der Waals surface area contributed by atoms with Crippen molar-refractivity contribution in [2.24, 2.45) is 0 Å². The van der Waals surface area contributed by atoms with E-state index in [4.69, 9.17) is 23.2 Å². The normalized spacial score (nSPS) is 15.7. The first-order chi connectivity index (χ1) is 14.4. The lowest BCUT2D eigenvalue weighted by Crippen LogP contribution is -2.46. The van der Waals surface area contributed by atoms with Crippen LogP contribution in [-0.2, 0) is 6.54 Å². The predicted octanol–water partition coefficient (Wildman–Crippen LogP) is 3.74. The van der Waals surface area contributed by atoms with Crippen LogP contribution >= 0.6 is 34.5 Å². The molecule has 0 radical (unpaired) electrons. The monoisotopic (exact) mass is 465 g/mol. The molecular weight excluding hydrogens is 441 g/mol. The number of benzene rings is 1. The van der Waals surface area contributed by atoms with E-state index in [1.807, 2.05) is 35.9 Å². The van der Waals surface area contributed by atoms with Crippen molar-refractivity contribution in [3.05, 3.63) is 50.4 Å². The zero-order valence-corrected chi connectivity index (χ0v) is 19.4. The van der Waals surface area contributed by atoms with Gasteiger partial charge in [0, 0.05) is 60.3 Å². The van der Waals surface area contributed by atoms with Gasteiger partial charge in [-0.3, -0.25) is 9.69 Å². The maximum Gasteiger partial charge on any atom is 0.261 e. The Morgan fingerprint density at radius 2 is 1.90 bits per heavy atom. The third-order valence-corrected chi connectivity index (χ3v) is 7.37. The highest BCUT2D eigenvalue weighted by molar-refractivity contribution is 7.20. The van der Waals surface area contributed by atoms with Gasteiger partial charge in [0.15, 0.2) is 0 Å². The van der Waals surface area contributed by atoms with Crippen molar-refractivity contribution >= 4 is 50.7 Å². The van der Waals surface area contributed by atoms with E-state index in [-0.39, 0.29) is 5.91 Å². The van der Waals surface area contributed by atoms with Crippen molar-refractivity contribution in [1.29, 1.82) is 0 Å². The standard InChI is InChI=1S/C21H25Cl2N5OS/c1-14-15-12-19(20(29)24-6-7-27-10-8-26(2)9-11-27)30-21(15)28(25-14)13-16-17(22)4-3-5-18(16)23/h3-5,12H,6-11,13H2,1-2H3,(H,24,29). The fourth-order valence-corrected chi connectivity index (χ4v) is 5.25. The highest BCUT2D eigenvalue weighted by Gasteiger charge is 2.18. The Labute approximate surface area is 190 Å². The van der Waals surface area contributed by atoms with Gasteiger partial charge in [-0.05, 0) is 32.2 Å². The van der Waals surface area contributed by atoms with E-state index < -0.39 is 0 Å². The molecule has 1 aliphatic rings. The lowest BCUT2D eigenvalue weighted by atomic mass is 10.2. The minimum atomic E-state index is -0.0351. The number of likely N-dealkylation sites (N-methyl/N-ethyl adjacent to an activating group) is 1. The van der Waals surface area contributed by atoms with Crippen molar-refractivity contribution < 1.29 is 4.79 Å². The van der Waals surface area contributed by atoms with E-state index in [0.717, 1.165) is 54.2 Å². The molecule has 0 aliphatic carbocycles. The SMILES string of the molecule is Cc1nn(Cc2c(Cl)cccc2Cl)c2sc(C(=O)NCCN3CCN(C)CC3)cc12. The van der Waals surface area contributed by atoms with Gasteiger partial charge in [-0.1, -0.05) is 29.3 Å². The van der Waals surface area contributed by atoms with Crippen molar-refractivity contribution in [2.75, 3.05) is 46.3 Å². The molecule has 0 atom stereocenters. The number of hydrogen-bond acceptors (Lipinski definition) is 5. The van der Waals surface area contributed by atoms with Crippen molar-refractivity contribution in [2.45, 2.75) is 13.5 Å². The molecule has 1 amide bonds. The highest BCUT2D eigenvalue weighted by atomic mass is 35.5. The Bertz CT molecular complexity index is 1040. The second-order valence-corrected chi connectivity index (χ2v) is 9.52. The molecule has 0 unspecified atom stereocenters. The minimum absolute atomic E-state index is 0.0351. The van der Waals surface area contributed by atoms with Crippen LogP contribution in [0.3, 0.4) is 0 Å². The fourth-order valence-electron chi connectivity index (χ4n) is 3.65. The molecule has 1 aliphatic heterocycles. The van der Waals surface area contributed by atoms with E-state index >= 15 is 0 Å². The molecule has 0 bridgehead atoms. The van der Waals surface area contributed by atoms with Crippen LogP contribution in [0.1, 0.15) is 20.9 Å².